The van der Waals surface area contributed by atoms with Gasteiger partial charge in [-0.15, -0.1) is 0 Å². The number of carbonyl (C=O) groups excluding carboxylic acids is 1. The molecule has 3 N–H and O–H groups in total. The molecule has 0 aliphatic heterocycles. The summed E-state index contributed by atoms with van der Waals surface area (Å²) < 4.78 is 0. The van der Waals surface area contributed by atoms with E-state index in [4.69, 9.17) is 0 Å². The molecular formula is C14H23N5O. The van der Waals surface area contributed by atoms with Crippen molar-refractivity contribution in [3.8, 4) is 0 Å². The Bertz CT molecular complexity index is 459. The highest BCUT2D eigenvalue weighted by molar-refractivity contribution is 5.80. The molecule has 1 amide bonds. The van der Waals surface area contributed by atoms with Gasteiger partial charge < -0.3 is 16.0 Å². The van der Waals surface area contributed by atoms with Gasteiger partial charge in [0.1, 0.15) is 5.82 Å². The average Bonchev–Trinajstić information content (AvgIpc) is 3.25. The van der Waals surface area contributed by atoms with Crippen LogP contribution in [0.5, 0.6) is 0 Å². The van der Waals surface area contributed by atoms with Gasteiger partial charge in [0.2, 0.25) is 11.9 Å². The van der Waals surface area contributed by atoms with Gasteiger partial charge in [0.15, 0.2) is 0 Å². The smallest absolute Gasteiger partial charge is 0.224 e. The van der Waals surface area contributed by atoms with Crippen molar-refractivity contribution in [2.45, 2.75) is 33.1 Å². The lowest BCUT2D eigenvalue weighted by molar-refractivity contribution is -0.122. The Morgan fingerprint density at radius 3 is 2.75 bits per heavy atom. The molecule has 2 rings (SSSR count). The van der Waals surface area contributed by atoms with E-state index in [9.17, 15) is 4.79 Å². The molecule has 1 heterocycles. The van der Waals surface area contributed by atoms with Crippen LogP contribution < -0.4 is 16.0 Å². The molecule has 0 spiro atoms. The summed E-state index contributed by atoms with van der Waals surface area (Å²) in [6.07, 6.45) is 3.11. The second kappa shape index (κ2) is 7.07. The van der Waals surface area contributed by atoms with Crippen molar-refractivity contribution in [2.75, 3.05) is 30.3 Å². The summed E-state index contributed by atoms with van der Waals surface area (Å²) >= 11 is 0. The van der Waals surface area contributed by atoms with E-state index >= 15 is 0 Å². The highest BCUT2D eigenvalue weighted by Gasteiger charge is 2.28. The van der Waals surface area contributed by atoms with Gasteiger partial charge in [0.25, 0.3) is 0 Å². The quantitative estimate of drug-likeness (QED) is 0.628. The third kappa shape index (κ3) is 4.68. The Hall–Kier alpha value is -1.85. The molecule has 0 aromatic carbocycles. The molecule has 20 heavy (non-hydrogen) atoms. The van der Waals surface area contributed by atoms with E-state index in [1.807, 2.05) is 13.0 Å². The number of hydrogen-bond donors (Lipinski definition) is 3. The van der Waals surface area contributed by atoms with Crippen molar-refractivity contribution < 1.29 is 4.79 Å². The molecular weight excluding hydrogens is 254 g/mol. The topological polar surface area (TPSA) is 78.9 Å². The molecule has 1 aliphatic carbocycles. The number of nitrogens with zero attached hydrogens (tertiary/aromatic N) is 2. The van der Waals surface area contributed by atoms with Gasteiger partial charge in [-0.3, -0.25) is 4.79 Å². The van der Waals surface area contributed by atoms with E-state index < -0.39 is 0 Å². The Morgan fingerprint density at radius 1 is 1.25 bits per heavy atom. The van der Waals surface area contributed by atoms with E-state index in [1.165, 1.54) is 0 Å². The lowest BCUT2D eigenvalue weighted by atomic mass is 10.4. The van der Waals surface area contributed by atoms with Crippen LogP contribution >= 0.6 is 0 Å². The minimum Gasteiger partial charge on any atom is -0.368 e. The third-order valence-electron chi connectivity index (χ3n) is 3.07. The molecule has 1 aromatic heterocycles. The maximum atomic E-state index is 11.5. The Kier molecular flexibility index (Phi) is 5.15. The first-order chi connectivity index (χ1) is 9.69. The van der Waals surface area contributed by atoms with Gasteiger partial charge in [-0.2, -0.15) is 4.98 Å². The Morgan fingerprint density at radius 2 is 2.05 bits per heavy atom. The minimum absolute atomic E-state index is 0.177. The van der Waals surface area contributed by atoms with Gasteiger partial charge in [-0.05, 0) is 26.2 Å². The van der Waals surface area contributed by atoms with E-state index in [1.54, 1.807) is 0 Å². The largest absolute Gasteiger partial charge is 0.368 e. The minimum atomic E-state index is 0.177. The van der Waals surface area contributed by atoms with E-state index in [2.05, 4.69) is 32.8 Å². The van der Waals surface area contributed by atoms with Crippen LogP contribution in [-0.2, 0) is 4.79 Å². The number of rotatable bonds is 8. The van der Waals surface area contributed by atoms with Crippen molar-refractivity contribution in [3.05, 3.63) is 11.8 Å². The highest BCUT2D eigenvalue weighted by atomic mass is 16.2. The second-order valence-corrected chi connectivity index (χ2v) is 5.14. The first kappa shape index (κ1) is 14.6. The molecule has 1 aliphatic rings. The maximum absolute atomic E-state index is 11.5. The summed E-state index contributed by atoms with van der Waals surface area (Å²) in [5.74, 6) is 1.88. The number of nitrogens with one attached hydrogen (secondary N) is 3. The number of anilines is 2. The predicted octanol–water partition coefficient (Wildman–Crippen LogP) is 1.55. The second-order valence-electron chi connectivity index (χ2n) is 5.14. The SMILES string of the molecule is CCCNc1nc(C)cc(NCCNC(=O)C2CC2)n1. The molecule has 1 fully saturated rings. The number of aryl methyl sites for hydroxylation is 1. The summed E-state index contributed by atoms with van der Waals surface area (Å²) in [6, 6.07) is 1.90. The van der Waals surface area contributed by atoms with E-state index in [-0.39, 0.29) is 11.8 Å². The molecule has 0 atom stereocenters. The fourth-order valence-electron chi connectivity index (χ4n) is 1.84. The van der Waals surface area contributed by atoms with Crippen molar-refractivity contribution in [3.63, 3.8) is 0 Å². The first-order valence-electron chi connectivity index (χ1n) is 7.30. The number of carbonyl (C=O) groups is 1. The summed E-state index contributed by atoms with van der Waals surface area (Å²) in [4.78, 5) is 20.2. The summed E-state index contributed by atoms with van der Waals surface area (Å²) in [7, 11) is 0. The summed E-state index contributed by atoms with van der Waals surface area (Å²) in [5.41, 5.74) is 0.920. The van der Waals surface area contributed by atoms with Gasteiger partial charge in [0.05, 0.1) is 0 Å². The van der Waals surface area contributed by atoms with E-state index in [0.717, 1.165) is 37.3 Å². The Labute approximate surface area is 119 Å². The first-order valence-corrected chi connectivity index (χ1v) is 7.30. The molecule has 0 radical (unpaired) electrons. The zero-order valence-electron chi connectivity index (χ0n) is 12.2. The third-order valence-corrected chi connectivity index (χ3v) is 3.07. The fourth-order valence-corrected chi connectivity index (χ4v) is 1.84. The van der Waals surface area contributed by atoms with Gasteiger partial charge >= 0.3 is 0 Å². The molecule has 6 heteroatoms. The Balaban J connectivity index is 1.76. The van der Waals surface area contributed by atoms with Gasteiger partial charge in [-0.1, -0.05) is 6.92 Å². The van der Waals surface area contributed by atoms with E-state index in [0.29, 0.717) is 19.0 Å². The average molecular weight is 277 g/mol. The zero-order chi connectivity index (χ0) is 14.4. The number of amides is 1. The van der Waals surface area contributed by atoms with Crippen LogP contribution in [-0.4, -0.2) is 35.5 Å². The molecule has 0 bridgehead atoms. The normalized spacial score (nSPS) is 13.9. The monoisotopic (exact) mass is 277 g/mol. The number of aromatic nitrogens is 2. The van der Waals surface area contributed by atoms with Gasteiger partial charge in [0, 0.05) is 37.3 Å². The highest BCUT2D eigenvalue weighted by Crippen LogP contribution is 2.28. The van der Waals surface area contributed by atoms with Gasteiger partial charge in [-0.25, -0.2) is 4.98 Å². The predicted molar refractivity (Wildman–Crippen MR) is 79.8 cm³/mol. The van der Waals surface area contributed by atoms with Crippen LogP contribution in [0, 0.1) is 12.8 Å². The molecule has 0 unspecified atom stereocenters. The lowest BCUT2D eigenvalue weighted by Gasteiger charge is -2.10. The molecule has 0 saturated heterocycles. The van der Waals surface area contributed by atoms with Crippen molar-refractivity contribution in [1.82, 2.24) is 15.3 Å². The van der Waals surface area contributed by atoms with Crippen LogP contribution in [0.15, 0.2) is 6.07 Å². The molecule has 110 valence electrons. The fraction of sp³-hybridized carbons (Fsp3) is 0.643. The summed E-state index contributed by atoms with van der Waals surface area (Å²) in [6.45, 7) is 6.20. The van der Waals surface area contributed by atoms with Crippen molar-refractivity contribution >= 4 is 17.7 Å². The molecule has 1 saturated carbocycles. The van der Waals surface area contributed by atoms with Crippen molar-refractivity contribution in [2.24, 2.45) is 5.92 Å². The lowest BCUT2D eigenvalue weighted by Crippen LogP contribution is -2.30. The van der Waals surface area contributed by atoms with Crippen LogP contribution in [0.25, 0.3) is 0 Å². The van der Waals surface area contributed by atoms with Crippen LogP contribution in [0.3, 0.4) is 0 Å². The zero-order valence-corrected chi connectivity index (χ0v) is 12.2. The summed E-state index contributed by atoms with van der Waals surface area (Å²) in [5, 5.41) is 9.30. The standard InChI is InChI=1S/C14H23N5O/c1-3-6-17-14-18-10(2)9-12(19-14)15-7-8-16-13(20)11-4-5-11/h9,11H,3-8H2,1-2H3,(H,16,20)(H2,15,17,18,19). The van der Waals surface area contributed by atoms with Crippen molar-refractivity contribution in [1.29, 1.82) is 0 Å². The van der Waals surface area contributed by atoms with Crippen LogP contribution in [0.4, 0.5) is 11.8 Å². The number of hydrogen-bond acceptors (Lipinski definition) is 5. The maximum Gasteiger partial charge on any atom is 0.224 e. The van der Waals surface area contributed by atoms with Crippen LogP contribution in [0.2, 0.25) is 0 Å². The van der Waals surface area contributed by atoms with Crippen LogP contribution in [0.1, 0.15) is 31.9 Å². The molecule has 6 nitrogen and oxygen atoms in total. The molecule has 1 aromatic rings.